The molecule has 39 heavy (non-hydrogen) atoms. The van der Waals surface area contributed by atoms with Gasteiger partial charge in [-0.25, -0.2) is 15.0 Å². The van der Waals surface area contributed by atoms with E-state index in [1.165, 1.54) is 24.5 Å². The van der Waals surface area contributed by atoms with Crippen LogP contribution < -0.4 is 5.32 Å². The van der Waals surface area contributed by atoms with Gasteiger partial charge in [-0.1, -0.05) is 24.2 Å². The third-order valence-corrected chi connectivity index (χ3v) is 6.93. The molecule has 2 aromatic carbocycles. The zero-order valence-corrected chi connectivity index (χ0v) is 21.1. The molecule has 11 heteroatoms. The van der Waals surface area contributed by atoms with Crippen molar-refractivity contribution in [2.75, 3.05) is 18.4 Å². The smallest absolute Gasteiger partial charge is 0.339 e. The number of nitrogens with zero attached hydrogens (tertiary/aromatic N) is 4. The van der Waals surface area contributed by atoms with Gasteiger partial charge in [0.2, 0.25) is 5.91 Å². The summed E-state index contributed by atoms with van der Waals surface area (Å²) in [7, 11) is 0. The minimum Gasteiger partial charge on any atom is -0.339 e. The number of alkyl halides is 3. The highest BCUT2D eigenvalue weighted by molar-refractivity contribution is 6.34. The van der Waals surface area contributed by atoms with Crippen LogP contribution in [-0.2, 0) is 11.0 Å². The minimum atomic E-state index is -4.56. The van der Waals surface area contributed by atoms with Crippen LogP contribution in [0.4, 0.5) is 19.0 Å². The van der Waals surface area contributed by atoms with Gasteiger partial charge in [0.15, 0.2) is 0 Å². The van der Waals surface area contributed by atoms with Gasteiger partial charge in [-0.05, 0) is 60.0 Å². The monoisotopic (exact) mass is 551 g/mol. The molecule has 0 aliphatic carbocycles. The molecule has 0 spiro atoms. The van der Waals surface area contributed by atoms with Gasteiger partial charge in [0.1, 0.15) is 12.1 Å². The van der Waals surface area contributed by atoms with E-state index in [1.807, 2.05) is 12.1 Å². The molecule has 0 saturated carbocycles. The molecule has 1 fully saturated rings. The number of likely N-dealkylation sites (tertiary alicyclic amines) is 1. The highest BCUT2D eigenvalue weighted by Crippen LogP contribution is 2.37. The molecule has 7 nitrogen and oxygen atoms in total. The lowest BCUT2D eigenvalue weighted by molar-refractivity contribution is -0.137. The van der Waals surface area contributed by atoms with Gasteiger partial charge in [0, 0.05) is 52.9 Å². The SMILES string of the molecule is C=CC(=O)N1CCC(c2cc(-c3ccc(C(=O)Nc4cc(C(F)(F)F)ccn4)cc3Cl)cc3cncnc23)C1. The van der Waals surface area contributed by atoms with Crippen LogP contribution in [0.25, 0.3) is 22.0 Å². The Morgan fingerprint density at radius 1 is 1.13 bits per heavy atom. The molecular formula is C28H21ClF3N5O2. The van der Waals surface area contributed by atoms with Crippen LogP contribution in [0.1, 0.15) is 33.8 Å². The van der Waals surface area contributed by atoms with E-state index in [0.717, 1.165) is 46.8 Å². The van der Waals surface area contributed by atoms with Crippen molar-refractivity contribution in [1.82, 2.24) is 19.9 Å². The number of anilines is 1. The van der Waals surface area contributed by atoms with Gasteiger partial charge in [-0.15, -0.1) is 0 Å². The van der Waals surface area contributed by atoms with E-state index in [1.54, 1.807) is 17.2 Å². The van der Waals surface area contributed by atoms with Crippen LogP contribution in [0.2, 0.25) is 5.02 Å². The summed E-state index contributed by atoms with van der Waals surface area (Å²) in [6.07, 6.45) is 1.67. The summed E-state index contributed by atoms with van der Waals surface area (Å²) < 4.78 is 39.0. The summed E-state index contributed by atoms with van der Waals surface area (Å²) in [5.74, 6) is -0.949. The largest absolute Gasteiger partial charge is 0.416 e. The lowest BCUT2D eigenvalue weighted by Crippen LogP contribution is -2.26. The second-order valence-corrected chi connectivity index (χ2v) is 9.48. The molecule has 0 bridgehead atoms. The van der Waals surface area contributed by atoms with Crippen LogP contribution in [-0.4, -0.2) is 44.8 Å². The molecule has 4 aromatic rings. The van der Waals surface area contributed by atoms with Gasteiger partial charge < -0.3 is 10.2 Å². The molecule has 3 heterocycles. The number of halogens is 4. The fourth-order valence-corrected chi connectivity index (χ4v) is 4.99. The molecule has 198 valence electrons. The maximum absolute atomic E-state index is 13.0. The first-order chi connectivity index (χ1) is 18.6. The summed E-state index contributed by atoms with van der Waals surface area (Å²) in [5.41, 5.74) is 2.40. The Hall–Kier alpha value is -4.31. The van der Waals surface area contributed by atoms with Gasteiger partial charge in [-0.2, -0.15) is 13.2 Å². The number of hydrogen-bond donors (Lipinski definition) is 1. The Balaban J connectivity index is 1.44. The molecule has 1 N–H and O–H groups in total. The minimum absolute atomic E-state index is 0.0510. The predicted octanol–water partition coefficient (Wildman–Crippen LogP) is 6.12. The topological polar surface area (TPSA) is 88.1 Å². The summed E-state index contributed by atoms with van der Waals surface area (Å²) in [6, 6.07) is 10.1. The van der Waals surface area contributed by atoms with Crippen molar-refractivity contribution in [3.63, 3.8) is 0 Å². The van der Waals surface area contributed by atoms with Crippen molar-refractivity contribution in [3.05, 3.63) is 95.6 Å². The maximum Gasteiger partial charge on any atom is 0.416 e. The zero-order valence-electron chi connectivity index (χ0n) is 20.4. The fraction of sp³-hybridized carbons (Fsp3) is 0.179. The van der Waals surface area contributed by atoms with Crippen LogP contribution in [0, 0.1) is 0 Å². The van der Waals surface area contributed by atoms with Crippen molar-refractivity contribution < 1.29 is 22.8 Å². The first kappa shape index (κ1) is 26.3. The van der Waals surface area contributed by atoms with E-state index in [0.29, 0.717) is 18.7 Å². The summed E-state index contributed by atoms with van der Waals surface area (Å²) in [6.45, 7) is 4.71. The standard InChI is InChI=1S/C28H21ClF3N5O2/c1-2-25(38)37-8-6-17(14-37)22-10-18(9-19-13-33-15-35-26(19)22)21-4-3-16(11-23(21)29)27(39)36-24-12-20(5-7-34-24)28(30,31)32/h2-5,7,9-13,15,17H,1,6,8,14H2,(H,34,36,39). The fourth-order valence-electron chi connectivity index (χ4n) is 4.70. The van der Waals surface area contributed by atoms with Crippen molar-refractivity contribution in [2.24, 2.45) is 0 Å². The maximum atomic E-state index is 13.0. The molecular weight excluding hydrogens is 531 g/mol. The van der Waals surface area contributed by atoms with Crippen molar-refractivity contribution in [3.8, 4) is 11.1 Å². The number of pyridine rings is 1. The number of rotatable bonds is 5. The Morgan fingerprint density at radius 2 is 1.95 bits per heavy atom. The number of aromatic nitrogens is 3. The quantitative estimate of drug-likeness (QED) is 0.302. The van der Waals surface area contributed by atoms with Crippen LogP contribution >= 0.6 is 11.6 Å². The molecule has 5 rings (SSSR count). The molecule has 0 radical (unpaired) electrons. The molecule has 2 amide bonds. The van der Waals surface area contributed by atoms with E-state index < -0.39 is 17.6 Å². The van der Waals surface area contributed by atoms with Crippen LogP contribution in [0.15, 0.2) is 73.8 Å². The third-order valence-electron chi connectivity index (χ3n) is 6.62. The third kappa shape index (κ3) is 5.46. The molecule has 1 atom stereocenters. The first-order valence-electron chi connectivity index (χ1n) is 11.9. The first-order valence-corrected chi connectivity index (χ1v) is 12.3. The lowest BCUT2D eigenvalue weighted by atomic mass is 9.91. The van der Waals surface area contributed by atoms with Gasteiger partial charge in [0.05, 0.1) is 11.1 Å². The van der Waals surface area contributed by atoms with Gasteiger partial charge >= 0.3 is 6.18 Å². The van der Waals surface area contributed by atoms with Crippen LogP contribution in [0.3, 0.4) is 0 Å². The van der Waals surface area contributed by atoms with Gasteiger partial charge in [0.25, 0.3) is 5.91 Å². The summed E-state index contributed by atoms with van der Waals surface area (Å²) >= 11 is 6.60. The van der Waals surface area contributed by atoms with Crippen molar-refractivity contribution >= 4 is 40.1 Å². The molecule has 1 aliphatic rings. The van der Waals surface area contributed by atoms with Crippen LogP contribution in [0.5, 0.6) is 0 Å². The average Bonchev–Trinajstić information content (AvgIpc) is 3.42. The number of hydrogen-bond acceptors (Lipinski definition) is 5. The Bertz CT molecular complexity index is 1610. The molecule has 1 aliphatic heterocycles. The number of carbonyl (C=O) groups is 2. The molecule has 1 unspecified atom stereocenters. The van der Waals surface area contributed by atoms with E-state index in [4.69, 9.17) is 11.6 Å². The normalized spacial score (nSPS) is 15.4. The van der Waals surface area contributed by atoms with Gasteiger partial charge in [-0.3, -0.25) is 9.59 Å². The molecule has 2 aromatic heterocycles. The predicted molar refractivity (Wildman–Crippen MR) is 141 cm³/mol. The highest BCUT2D eigenvalue weighted by Gasteiger charge is 2.31. The number of fused-ring (bicyclic) bond motifs is 1. The second-order valence-electron chi connectivity index (χ2n) is 9.08. The number of nitrogens with one attached hydrogen (secondary N) is 1. The number of benzene rings is 2. The second kappa shape index (κ2) is 10.5. The number of amides is 2. The van der Waals surface area contributed by atoms with Crippen molar-refractivity contribution in [1.29, 1.82) is 0 Å². The van der Waals surface area contributed by atoms with Crippen molar-refractivity contribution in [2.45, 2.75) is 18.5 Å². The molecule has 1 saturated heterocycles. The Morgan fingerprint density at radius 3 is 2.69 bits per heavy atom. The number of carbonyl (C=O) groups excluding carboxylic acids is 2. The zero-order chi connectivity index (χ0) is 27.7. The van der Waals surface area contributed by atoms with E-state index in [9.17, 15) is 22.8 Å². The Kier molecular flexibility index (Phi) is 7.05. The summed E-state index contributed by atoms with van der Waals surface area (Å²) in [5, 5.41) is 3.45. The van der Waals surface area contributed by atoms with E-state index >= 15 is 0 Å². The van der Waals surface area contributed by atoms with E-state index in [2.05, 4.69) is 26.8 Å². The summed E-state index contributed by atoms with van der Waals surface area (Å²) in [4.78, 5) is 39.0. The Labute approximate surface area is 226 Å². The van der Waals surface area contributed by atoms with E-state index in [-0.39, 0.29) is 28.2 Å². The lowest BCUT2D eigenvalue weighted by Gasteiger charge is -2.17. The highest BCUT2D eigenvalue weighted by atomic mass is 35.5. The average molecular weight is 552 g/mol.